The van der Waals surface area contributed by atoms with Gasteiger partial charge in [0.2, 0.25) is 0 Å². The Kier molecular flexibility index (Phi) is 3.33. The minimum Gasteiger partial charge on any atom is -0.481 e. The van der Waals surface area contributed by atoms with Crippen LogP contribution >= 0.6 is 11.3 Å². The first kappa shape index (κ1) is 10.6. The van der Waals surface area contributed by atoms with Crippen molar-refractivity contribution in [3.05, 3.63) is 16.1 Å². The van der Waals surface area contributed by atoms with Crippen molar-refractivity contribution < 1.29 is 9.90 Å². The van der Waals surface area contributed by atoms with Crippen LogP contribution in [0.4, 0.5) is 0 Å². The molecule has 5 heteroatoms. The van der Waals surface area contributed by atoms with E-state index in [1.54, 1.807) is 11.3 Å². The summed E-state index contributed by atoms with van der Waals surface area (Å²) in [4.78, 5) is 14.7. The Labute approximate surface area is 92.3 Å². The number of nitrogens with one attached hydrogen (secondary N) is 1. The van der Waals surface area contributed by atoms with Crippen LogP contribution in [-0.2, 0) is 17.8 Å². The molecule has 82 valence electrons. The number of hydrogen-bond donors (Lipinski definition) is 2. The average molecular weight is 226 g/mol. The Morgan fingerprint density at radius 2 is 2.47 bits per heavy atom. The van der Waals surface area contributed by atoms with Gasteiger partial charge in [-0.25, -0.2) is 4.98 Å². The molecule has 1 fully saturated rings. The van der Waals surface area contributed by atoms with E-state index in [1.165, 1.54) is 12.8 Å². The number of aliphatic carboxylic acids is 1. The maximum atomic E-state index is 10.4. The first-order chi connectivity index (χ1) is 7.24. The Morgan fingerprint density at radius 1 is 1.67 bits per heavy atom. The highest BCUT2D eigenvalue weighted by atomic mass is 32.1. The molecule has 2 N–H and O–H groups in total. The van der Waals surface area contributed by atoms with Crippen molar-refractivity contribution in [2.75, 3.05) is 0 Å². The van der Waals surface area contributed by atoms with E-state index in [0.717, 1.165) is 17.2 Å². The van der Waals surface area contributed by atoms with Crippen LogP contribution in [0.15, 0.2) is 5.38 Å². The monoisotopic (exact) mass is 226 g/mol. The fraction of sp³-hybridized carbons (Fsp3) is 0.600. The number of hydrogen-bond acceptors (Lipinski definition) is 4. The molecule has 1 aliphatic carbocycles. The molecule has 0 amide bonds. The van der Waals surface area contributed by atoms with Crippen LogP contribution in [0.2, 0.25) is 0 Å². The summed E-state index contributed by atoms with van der Waals surface area (Å²) in [5.74, 6) is -0.763. The number of carboxylic acid groups (broad SMARTS) is 1. The van der Waals surface area contributed by atoms with Crippen molar-refractivity contribution in [2.24, 2.45) is 0 Å². The molecule has 1 aromatic rings. The lowest BCUT2D eigenvalue weighted by Crippen LogP contribution is -2.15. The summed E-state index contributed by atoms with van der Waals surface area (Å²) in [7, 11) is 0. The first-order valence-electron chi connectivity index (χ1n) is 5.12. The molecule has 1 aliphatic rings. The van der Waals surface area contributed by atoms with Gasteiger partial charge >= 0.3 is 5.97 Å². The van der Waals surface area contributed by atoms with Crippen LogP contribution in [0.25, 0.3) is 0 Å². The summed E-state index contributed by atoms with van der Waals surface area (Å²) in [5, 5.41) is 14.9. The number of aromatic nitrogens is 1. The first-order valence-corrected chi connectivity index (χ1v) is 6.00. The third-order valence-corrected chi connectivity index (χ3v) is 3.21. The molecule has 0 aliphatic heterocycles. The van der Waals surface area contributed by atoms with Crippen molar-refractivity contribution in [3.8, 4) is 0 Å². The molecule has 2 rings (SSSR count). The molecule has 0 atom stereocenters. The smallest absolute Gasteiger partial charge is 0.303 e. The molecule has 1 saturated carbocycles. The van der Waals surface area contributed by atoms with Crippen molar-refractivity contribution in [1.29, 1.82) is 0 Å². The Hall–Kier alpha value is -0.940. The Bertz CT molecular complexity index is 347. The topological polar surface area (TPSA) is 62.2 Å². The molecule has 0 radical (unpaired) electrons. The number of nitrogens with zero attached hydrogens (tertiary/aromatic N) is 1. The second-order valence-electron chi connectivity index (χ2n) is 3.78. The fourth-order valence-corrected chi connectivity index (χ4v) is 2.08. The van der Waals surface area contributed by atoms with Crippen LogP contribution in [0.1, 0.15) is 30.0 Å². The second-order valence-corrected chi connectivity index (χ2v) is 4.72. The van der Waals surface area contributed by atoms with E-state index in [-0.39, 0.29) is 6.42 Å². The van der Waals surface area contributed by atoms with Crippen LogP contribution < -0.4 is 5.32 Å². The van der Waals surface area contributed by atoms with Crippen LogP contribution in [0, 0.1) is 0 Å². The summed E-state index contributed by atoms with van der Waals surface area (Å²) in [6.45, 7) is 0.822. The van der Waals surface area contributed by atoms with E-state index in [9.17, 15) is 4.79 Å². The molecule has 0 aromatic carbocycles. The molecular formula is C10H14N2O2S. The van der Waals surface area contributed by atoms with Gasteiger partial charge < -0.3 is 10.4 Å². The maximum Gasteiger partial charge on any atom is 0.303 e. The number of rotatable bonds is 6. The van der Waals surface area contributed by atoms with Gasteiger partial charge in [0.05, 0.1) is 12.1 Å². The predicted octanol–water partition coefficient (Wildman–Crippen LogP) is 1.41. The number of carboxylic acids is 1. The lowest BCUT2D eigenvalue weighted by molar-refractivity contribution is -0.136. The predicted molar refractivity (Wildman–Crippen MR) is 57.9 cm³/mol. The van der Waals surface area contributed by atoms with Crippen molar-refractivity contribution in [1.82, 2.24) is 10.3 Å². The van der Waals surface area contributed by atoms with Gasteiger partial charge in [0.15, 0.2) is 0 Å². The highest BCUT2D eigenvalue weighted by Gasteiger charge is 2.20. The van der Waals surface area contributed by atoms with Gasteiger partial charge in [-0.05, 0) is 12.8 Å². The van der Waals surface area contributed by atoms with E-state index >= 15 is 0 Å². The summed E-state index contributed by atoms with van der Waals surface area (Å²) in [5.41, 5.74) is 0.898. The number of aryl methyl sites for hydroxylation is 1. The van der Waals surface area contributed by atoms with E-state index in [0.29, 0.717) is 12.5 Å². The average Bonchev–Trinajstić information content (AvgIpc) is 2.92. The van der Waals surface area contributed by atoms with Gasteiger partial charge in [-0.1, -0.05) is 0 Å². The largest absolute Gasteiger partial charge is 0.481 e. The Balaban J connectivity index is 1.77. The zero-order valence-corrected chi connectivity index (χ0v) is 9.22. The van der Waals surface area contributed by atoms with Gasteiger partial charge in [-0.15, -0.1) is 11.3 Å². The third kappa shape index (κ3) is 3.60. The van der Waals surface area contributed by atoms with Gasteiger partial charge in [0.25, 0.3) is 0 Å². The van der Waals surface area contributed by atoms with Crippen LogP contribution in [-0.4, -0.2) is 22.1 Å². The van der Waals surface area contributed by atoms with Gasteiger partial charge in [-0.3, -0.25) is 4.79 Å². The lowest BCUT2D eigenvalue weighted by Gasteiger charge is -1.97. The van der Waals surface area contributed by atoms with E-state index in [1.807, 2.05) is 5.38 Å². The number of thiazole rings is 1. The molecule has 15 heavy (non-hydrogen) atoms. The SMILES string of the molecule is O=C(O)CCc1csc(CNC2CC2)n1. The second kappa shape index (κ2) is 4.72. The number of carbonyl (C=O) groups is 1. The summed E-state index contributed by atoms with van der Waals surface area (Å²) in [6, 6.07) is 0.691. The van der Waals surface area contributed by atoms with E-state index in [4.69, 9.17) is 5.11 Å². The summed E-state index contributed by atoms with van der Waals surface area (Å²) < 4.78 is 0. The maximum absolute atomic E-state index is 10.4. The molecular weight excluding hydrogens is 212 g/mol. The lowest BCUT2D eigenvalue weighted by atomic mass is 10.2. The van der Waals surface area contributed by atoms with Crippen molar-refractivity contribution in [3.63, 3.8) is 0 Å². The fourth-order valence-electron chi connectivity index (χ4n) is 1.30. The van der Waals surface area contributed by atoms with Gasteiger partial charge in [0, 0.05) is 24.4 Å². The zero-order chi connectivity index (χ0) is 10.7. The van der Waals surface area contributed by atoms with E-state index in [2.05, 4.69) is 10.3 Å². The molecule has 1 heterocycles. The van der Waals surface area contributed by atoms with Crippen molar-refractivity contribution >= 4 is 17.3 Å². The molecule has 0 saturated heterocycles. The minimum absolute atomic E-state index is 0.166. The van der Waals surface area contributed by atoms with Crippen LogP contribution in [0.5, 0.6) is 0 Å². The highest BCUT2D eigenvalue weighted by molar-refractivity contribution is 7.09. The van der Waals surface area contributed by atoms with E-state index < -0.39 is 5.97 Å². The zero-order valence-electron chi connectivity index (χ0n) is 8.40. The Morgan fingerprint density at radius 3 is 3.13 bits per heavy atom. The summed E-state index contributed by atoms with van der Waals surface area (Å²) >= 11 is 1.60. The molecule has 1 aromatic heterocycles. The third-order valence-electron chi connectivity index (χ3n) is 2.31. The van der Waals surface area contributed by atoms with Crippen LogP contribution in [0.3, 0.4) is 0 Å². The normalized spacial score (nSPS) is 15.5. The molecule has 4 nitrogen and oxygen atoms in total. The molecule has 0 spiro atoms. The van der Waals surface area contributed by atoms with Gasteiger partial charge in [-0.2, -0.15) is 0 Å². The standard InChI is InChI=1S/C10H14N2O2S/c13-10(14)4-3-8-6-15-9(12-8)5-11-7-1-2-7/h6-7,11H,1-5H2,(H,13,14). The quantitative estimate of drug-likeness (QED) is 0.770. The molecule has 0 bridgehead atoms. The minimum atomic E-state index is -0.763. The molecule has 0 unspecified atom stereocenters. The van der Waals surface area contributed by atoms with Gasteiger partial charge in [0.1, 0.15) is 5.01 Å². The highest BCUT2D eigenvalue weighted by Crippen LogP contribution is 2.20. The summed E-state index contributed by atoms with van der Waals surface area (Å²) in [6.07, 6.45) is 3.25. The van der Waals surface area contributed by atoms with Crippen molar-refractivity contribution in [2.45, 2.75) is 38.3 Å².